The minimum Gasteiger partial charge on any atom is -0.478 e. The van der Waals surface area contributed by atoms with Crippen molar-refractivity contribution in [1.29, 1.82) is 0 Å². The van der Waals surface area contributed by atoms with Crippen molar-refractivity contribution in [2.24, 2.45) is 0 Å². The lowest BCUT2D eigenvalue weighted by Gasteiger charge is -2.07. The first kappa shape index (κ1) is 14.2. The second kappa shape index (κ2) is 5.83. The molecule has 0 bridgehead atoms. The average Bonchev–Trinajstić information content (AvgIpc) is 2.38. The molecule has 0 fully saturated rings. The van der Waals surface area contributed by atoms with Gasteiger partial charge in [0.05, 0.1) is 11.1 Å². The molecule has 2 N–H and O–H groups in total. The standard InChI is InChI=1S/C14H11BrN2O3/c1-8-2-3-10(11(15)6-8)13(18)17-12-7-9(14(19)20)4-5-16-12/h2-7H,1H3,(H,19,20)(H,16,17,18). The van der Waals surface area contributed by atoms with E-state index in [0.717, 1.165) is 5.56 Å². The molecule has 1 aromatic heterocycles. The zero-order valence-electron chi connectivity index (χ0n) is 10.6. The van der Waals surface area contributed by atoms with Crippen molar-refractivity contribution in [1.82, 2.24) is 4.98 Å². The highest BCUT2D eigenvalue weighted by atomic mass is 79.9. The molecule has 1 heterocycles. The lowest BCUT2D eigenvalue weighted by Crippen LogP contribution is -2.14. The van der Waals surface area contributed by atoms with E-state index in [4.69, 9.17) is 5.11 Å². The first-order valence-corrected chi connectivity index (χ1v) is 6.53. The SMILES string of the molecule is Cc1ccc(C(=O)Nc2cc(C(=O)O)ccn2)c(Br)c1. The van der Waals surface area contributed by atoms with Crippen LogP contribution in [-0.2, 0) is 0 Å². The predicted octanol–water partition coefficient (Wildman–Crippen LogP) is 3.10. The molecule has 0 radical (unpaired) electrons. The number of carbonyl (C=O) groups is 2. The average molecular weight is 335 g/mol. The van der Waals surface area contributed by atoms with Gasteiger partial charge in [-0.05, 0) is 52.7 Å². The molecule has 0 spiro atoms. The van der Waals surface area contributed by atoms with E-state index in [2.05, 4.69) is 26.2 Å². The maximum Gasteiger partial charge on any atom is 0.335 e. The van der Waals surface area contributed by atoms with E-state index in [1.807, 2.05) is 19.1 Å². The van der Waals surface area contributed by atoms with Crippen molar-refractivity contribution < 1.29 is 14.7 Å². The number of anilines is 1. The zero-order chi connectivity index (χ0) is 14.7. The number of carboxylic acid groups (broad SMARTS) is 1. The van der Waals surface area contributed by atoms with Gasteiger partial charge in [-0.2, -0.15) is 0 Å². The number of aromatic carboxylic acids is 1. The van der Waals surface area contributed by atoms with E-state index >= 15 is 0 Å². The molecule has 1 amide bonds. The quantitative estimate of drug-likeness (QED) is 0.903. The smallest absolute Gasteiger partial charge is 0.335 e. The third kappa shape index (κ3) is 3.21. The number of aromatic nitrogens is 1. The van der Waals surface area contributed by atoms with Crippen LogP contribution in [0.5, 0.6) is 0 Å². The molecule has 102 valence electrons. The molecule has 0 aliphatic rings. The molecule has 6 heteroatoms. The number of carboxylic acids is 1. The van der Waals surface area contributed by atoms with Crippen LogP contribution in [0.15, 0.2) is 41.0 Å². The molecule has 0 aliphatic carbocycles. The number of hydrogen-bond acceptors (Lipinski definition) is 3. The molecule has 0 saturated carbocycles. The van der Waals surface area contributed by atoms with Gasteiger partial charge >= 0.3 is 5.97 Å². The van der Waals surface area contributed by atoms with Gasteiger partial charge in [-0.25, -0.2) is 9.78 Å². The van der Waals surface area contributed by atoms with Crippen LogP contribution in [0.25, 0.3) is 0 Å². The van der Waals surface area contributed by atoms with Gasteiger partial charge in [-0.1, -0.05) is 6.07 Å². The van der Waals surface area contributed by atoms with Gasteiger partial charge in [0.15, 0.2) is 0 Å². The van der Waals surface area contributed by atoms with Crippen LogP contribution < -0.4 is 5.32 Å². The largest absolute Gasteiger partial charge is 0.478 e. The normalized spacial score (nSPS) is 10.1. The van der Waals surface area contributed by atoms with Crippen molar-refractivity contribution in [3.05, 3.63) is 57.7 Å². The van der Waals surface area contributed by atoms with Crippen molar-refractivity contribution in [3.63, 3.8) is 0 Å². The number of benzene rings is 1. The molecular formula is C14H11BrN2O3. The van der Waals surface area contributed by atoms with Crippen molar-refractivity contribution in [3.8, 4) is 0 Å². The Labute approximate surface area is 123 Å². The van der Waals surface area contributed by atoms with E-state index in [1.165, 1.54) is 18.3 Å². The fourth-order valence-electron chi connectivity index (χ4n) is 1.62. The Bertz CT molecular complexity index is 686. The number of rotatable bonds is 3. The highest BCUT2D eigenvalue weighted by Crippen LogP contribution is 2.19. The molecule has 2 aromatic rings. The Kier molecular flexibility index (Phi) is 4.14. The Balaban J connectivity index is 2.23. The third-order valence-corrected chi connectivity index (χ3v) is 3.27. The Hall–Kier alpha value is -2.21. The summed E-state index contributed by atoms with van der Waals surface area (Å²) in [4.78, 5) is 26.9. The fraction of sp³-hybridized carbons (Fsp3) is 0.0714. The first-order valence-electron chi connectivity index (χ1n) is 5.74. The number of nitrogens with one attached hydrogen (secondary N) is 1. The Morgan fingerprint density at radius 2 is 2.00 bits per heavy atom. The van der Waals surface area contributed by atoms with Gasteiger partial charge < -0.3 is 10.4 Å². The van der Waals surface area contributed by atoms with Gasteiger partial charge in [-0.3, -0.25) is 4.79 Å². The molecule has 1 aromatic carbocycles. The number of aryl methyl sites for hydroxylation is 1. The molecule has 0 aliphatic heterocycles. The number of amides is 1. The predicted molar refractivity (Wildman–Crippen MR) is 78.0 cm³/mol. The van der Waals surface area contributed by atoms with Crippen molar-refractivity contribution in [2.45, 2.75) is 6.92 Å². The topological polar surface area (TPSA) is 79.3 Å². The lowest BCUT2D eigenvalue weighted by molar-refractivity contribution is 0.0696. The van der Waals surface area contributed by atoms with E-state index in [-0.39, 0.29) is 17.3 Å². The van der Waals surface area contributed by atoms with E-state index < -0.39 is 5.97 Å². The van der Waals surface area contributed by atoms with Gasteiger partial charge in [-0.15, -0.1) is 0 Å². The second-order valence-corrected chi connectivity index (χ2v) is 5.03. The number of pyridine rings is 1. The monoisotopic (exact) mass is 334 g/mol. The summed E-state index contributed by atoms with van der Waals surface area (Å²) in [6.07, 6.45) is 1.34. The van der Waals surface area contributed by atoms with Crippen LogP contribution in [0.3, 0.4) is 0 Å². The molecule has 0 unspecified atom stereocenters. The van der Waals surface area contributed by atoms with Crippen molar-refractivity contribution in [2.75, 3.05) is 5.32 Å². The van der Waals surface area contributed by atoms with E-state index in [0.29, 0.717) is 10.0 Å². The van der Waals surface area contributed by atoms with Crippen LogP contribution in [0, 0.1) is 6.92 Å². The molecular weight excluding hydrogens is 324 g/mol. The van der Waals surface area contributed by atoms with Gasteiger partial charge in [0.1, 0.15) is 5.82 Å². The zero-order valence-corrected chi connectivity index (χ0v) is 12.1. The third-order valence-electron chi connectivity index (χ3n) is 2.62. The lowest BCUT2D eigenvalue weighted by atomic mass is 10.1. The molecule has 2 rings (SSSR count). The highest BCUT2D eigenvalue weighted by molar-refractivity contribution is 9.10. The summed E-state index contributed by atoms with van der Waals surface area (Å²) in [5.74, 6) is -1.23. The summed E-state index contributed by atoms with van der Waals surface area (Å²) in [7, 11) is 0. The number of carbonyl (C=O) groups excluding carboxylic acids is 1. The summed E-state index contributed by atoms with van der Waals surface area (Å²) in [6, 6.07) is 8.01. The van der Waals surface area contributed by atoms with E-state index in [1.54, 1.807) is 6.07 Å². The number of halogens is 1. The molecule has 0 atom stereocenters. The number of hydrogen-bond donors (Lipinski definition) is 2. The van der Waals surface area contributed by atoms with Crippen LogP contribution >= 0.6 is 15.9 Å². The summed E-state index contributed by atoms with van der Waals surface area (Å²) < 4.78 is 0.671. The maximum atomic E-state index is 12.1. The van der Waals surface area contributed by atoms with Crippen LogP contribution in [0.2, 0.25) is 0 Å². The first-order chi connectivity index (χ1) is 9.47. The molecule has 5 nitrogen and oxygen atoms in total. The van der Waals surface area contributed by atoms with Crippen molar-refractivity contribution >= 4 is 33.6 Å². The number of nitrogens with zero attached hydrogens (tertiary/aromatic N) is 1. The minimum atomic E-state index is -1.07. The van der Waals surface area contributed by atoms with E-state index in [9.17, 15) is 9.59 Å². The minimum absolute atomic E-state index is 0.0678. The van der Waals surface area contributed by atoms with Gasteiger partial charge in [0, 0.05) is 10.7 Å². The fourth-order valence-corrected chi connectivity index (χ4v) is 2.29. The van der Waals surface area contributed by atoms with Crippen LogP contribution in [0.4, 0.5) is 5.82 Å². The maximum absolute atomic E-state index is 12.1. The van der Waals surface area contributed by atoms with Gasteiger partial charge in [0.25, 0.3) is 5.91 Å². The van der Waals surface area contributed by atoms with Gasteiger partial charge in [0.2, 0.25) is 0 Å². The summed E-state index contributed by atoms with van der Waals surface area (Å²) in [5, 5.41) is 11.5. The van der Waals surface area contributed by atoms with Crippen LogP contribution in [-0.4, -0.2) is 22.0 Å². The molecule has 20 heavy (non-hydrogen) atoms. The Morgan fingerprint density at radius 3 is 2.65 bits per heavy atom. The Morgan fingerprint density at radius 1 is 1.25 bits per heavy atom. The summed E-state index contributed by atoms with van der Waals surface area (Å²) in [5.41, 5.74) is 1.55. The molecule has 0 saturated heterocycles. The second-order valence-electron chi connectivity index (χ2n) is 4.17. The highest BCUT2D eigenvalue weighted by Gasteiger charge is 2.12. The van der Waals surface area contributed by atoms with Crippen LogP contribution in [0.1, 0.15) is 26.3 Å². The summed E-state index contributed by atoms with van der Waals surface area (Å²) >= 11 is 3.32. The summed E-state index contributed by atoms with van der Waals surface area (Å²) in [6.45, 7) is 1.92.